The molecule has 0 unspecified atom stereocenters. The van der Waals surface area contributed by atoms with Gasteiger partial charge in [0, 0.05) is 11.5 Å². The molecule has 2 rings (SSSR count). The molecule has 0 aliphatic carbocycles. The van der Waals surface area contributed by atoms with Crippen molar-refractivity contribution in [1.29, 1.82) is 0 Å². The van der Waals surface area contributed by atoms with Crippen LogP contribution in [-0.4, -0.2) is 36.7 Å². The van der Waals surface area contributed by atoms with Gasteiger partial charge in [0.25, 0.3) is 0 Å². The second-order valence-corrected chi connectivity index (χ2v) is 3.80. The van der Waals surface area contributed by atoms with E-state index in [-0.39, 0.29) is 10.9 Å². The van der Waals surface area contributed by atoms with E-state index in [1.165, 1.54) is 25.3 Å². The highest BCUT2D eigenvalue weighted by molar-refractivity contribution is 5.98. The molecule has 21 heavy (non-hydrogen) atoms. The number of methoxy groups -OCH3 is 2. The minimum atomic E-state index is -4.99. The Morgan fingerprint density at radius 2 is 1.90 bits per heavy atom. The van der Waals surface area contributed by atoms with Gasteiger partial charge in [0.05, 0.1) is 14.2 Å². The van der Waals surface area contributed by atoms with E-state index in [1.807, 2.05) is 0 Å². The van der Waals surface area contributed by atoms with Crippen LogP contribution in [0.5, 0.6) is 11.5 Å². The average molecular weight is 302 g/mol. The van der Waals surface area contributed by atoms with Gasteiger partial charge < -0.3 is 14.2 Å². The molecule has 0 saturated heterocycles. The lowest BCUT2D eigenvalue weighted by Gasteiger charge is -2.13. The van der Waals surface area contributed by atoms with Gasteiger partial charge in [0.15, 0.2) is 5.75 Å². The number of carbonyl (C=O) groups is 1. The Morgan fingerprint density at radius 1 is 1.19 bits per heavy atom. The normalized spacial score (nSPS) is 11.3. The van der Waals surface area contributed by atoms with Gasteiger partial charge in [-0.05, 0) is 12.1 Å². The van der Waals surface area contributed by atoms with Gasteiger partial charge in [-0.15, -0.1) is 23.4 Å². The highest BCUT2D eigenvalue weighted by Gasteiger charge is 2.35. The Balaban J connectivity index is 2.68. The number of rotatable bonds is 3. The molecule has 0 aliphatic heterocycles. The number of carbonyl (C=O) groups excluding carboxylic acids is 1. The second-order valence-electron chi connectivity index (χ2n) is 3.80. The first-order chi connectivity index (χ1) is 9.85. The Morgan fingerprint density at radius 3 is 2.48 bits per heavy atom. The molecule has 9 heteroatoms. The van der Waals surface area contributed by atoms with Crippen LogP contribution in [0.1, 0.15) is 10.5 Å². The van der Waals surface area contributed by atoms with Gasteiger partial charge in [0.2, 0.25) is 5.69 Å². The third kappa shape index (κ3) is 3.12. The van der Waals surface area contributed by atoms with E-state index < -0.39 is 23.8 Å². The zero-order valence-corrected chi connectivity index (χ0v) is 10.9. The fourth-order valence-corrected chi connectivity index (χ4v) is 1.64. The van der Waals surface area contributed by atoms with E-state index in [4.69, 9.17) is 4.74 Å². The Hall–Kier alpha value is -2.58. The molecule has 0 radical (unpaired) electrons. The largest absolute Gasteiger partial charge is 0.573 e. The maximum atomic E-state index is 12.5. The summed E-state index contributed by atoms with van der Waals surface area (Å²) in [7, 11) is 2.41. The van der Waals surface area contributed by atoms with Crippen molar-refractivity contribution >= 4 is 16.9 Å². The van der Waals surface area contributed by atoms with Crippen LogP contribution in [0, 0.1) is 0 Å². The van der Waals surface area contributed by atoms with Gasteiger partial charge in [-0.2, -0.15) is 0 Å². The van der Waals surface area contributed by atoms with Crippen molar-refractivity contribution in [3.63, 3.8) is 0 Å². The van der Waals surface area contributed by atoms with E-state index in [0.29, 0.717) is 5.75 Å². The number of fused-ring (bicyclic) bond motifs is 1. The van der Waals surface area contributed by atoms with Crippen molar-refractivity contribution < 1.29 is 32.2 Å². The highest BCUT2D eigenvalue weighted by Crippen LogP contribution is 2.33. The number of aromatic nitrogens is 2. The van der Waals surface area contributed by atoms with Crippen LogP contribution in [0.25, 0.3) is 10.9 Å². The molecule has 0 fully saturated rings. The summed E-state index contributed by atoms with van der Waals surface area (Å²) in [5.41, 5.74) is -0.575. The summed E-state index contributed by atoms with van der Waals surface area (Å²) in [6.07, 6.45) is -4.99. The van der Waals surface area contributed by atoms with E-state index in [2.05, 4.69) is 19.7 Å². The highest BCUT2D eigenvalue weighted by atomic mass is 19.4. The van der Waals surface area contributed by atoms with Gasteiger partial charge >= 0.3 is 12.3 Å². The monoisotopic (exact) mass is 302 g/mol. The number of nitrogens with zero attached hydrogens (tertiary/aromatic N) is 2. The van der Waals surface area contributed by atoms with Crippen molar-refractivity contribution in [2.24, 2.45) is 0 Å². The molecule has 1 heterocycles. The number of benzene rings is 1. The van der Waals surface area contributed by atoms with E-state index in [9.17, 15) is 18.0 Å². The maximum absolute atomic E-state index is 12.5. The standard InChI is InChI=1S/C12H9F3N2O4/c1-19-6-3-4-7-8(5-6)16-17-9(11(18)20-2)10(7)21-12(13,14)15/h3-5H,1-2H3. The van der Waals surface area contributed by atoms with Gasteiger partial charge in [-0.25, -0.2) is 4.79 Å². The van der Waals surface area contributed by atoms with Gasteiger partial charge in [0.1, 0.15) is 11.3 Å². The van der Waals surface area contributed by atoms with Gasteiger partial charge in [-0.1, -0.05) is 0 Å². The third-order valence-electron chi connectivity index (χ3n) is 2.52. The minimum Gasteiger partial charge on any atom is -0.497 e. The Kier molecular flexibility index (Phi) is 3.83. The van der Waals surface area contributed by atoms with Crippen LogP contribution in [0.3, 0.4) is 0 Å². The predicted octanol–water partition coefficient (Wildman–Crippen LogP) is 2.32. The molecular weight excluding hydrogens is 293 g/mol. The van der Waals surface area contributed by atoms with Gasteiger partial charge in [-0.3, -0.25) is 0 Å². The molecule has 0 bridgehead atoms. The summed E-state index contributed by atoms with van der Waals surface area (Å²) in [5, 5.41) is 7.06. The van der Waals surface area contributed by atoms with Crippen LogP contribution in [0.15, 0.2) is 18.2 Å². The SMILES string of the molecule is COC(=O)c1nnc2cc(OC)ccc2c1OC(F)(F)F. The number of alkyl halides is 3. The van der Waals surface area contributed by atoms with E-state index in [1.54, 1.807) is 0 Å². The van der Waals surface area contributed by atoms with E-state index in [0.717, 1.165) is 7.11 Å². The molecular formula is C12H9F3N2O4. The summed E-state index contributed by atoms with van der Waals surface area (Å²) in [5.74, 6) is -1.47. The number of ether oxygens (including phenoxy) is 3. The quantitative estimate of drug-likeness (QED) is 0.810. The molecule has 1 aromatic carbocycles. The lowest BCUT2D eigenvalue weighted by atomic mass is 10.2. The molecule has 0 spiro atoms. The van der Waals surface area contributed by atoms with Crippen molar-refractivity contribution in [2.75, 3.05) is 14.2 Å². The summed E-state index contributed by atoms with van der Waals surface area (Å²) in [6, 6.07) is 4.07. The molecule has 1 aromatic heterocycles. The average Bonchev–Trinajstić information content (AvgIpc) is 2.44. The summed E-state index contributed by atoms with van der Waals surface area (Å²) in [6.45, 7) is 0. The van der Waals surface area contributed by atoms with E-state index >= 15 is 0 Å². The molecule has 2 aromatic rings. The van der Waals surface area contributed by atoms with Crippen LogP contribution in [-0.2, 0) is 4.74 Å². The predicted molar refractivity (Wildman–Crippen MR) is 64.1 cm³/mol. The number of halogens is 3. The zero-order chi connectivity index (χ0) is 15.6. The Labute approximate surface area is 116 Å². The number of hydrogen-bond acceptors (Lipinski definition) is 6. The number of esters is 1. The molecule has 6 nitrogen and oxygen atoms in total. The first-order valence-electron chi connectivity index (χ1n) is 5.54. The topological polar surface area (TPSA) is 70.5 Å². The first kappa shape index (κ1) is 14.8. The zero-order valence-electron chi connectivity index (χ0n) is 10.9. The lowest BCUT2D eigenvalue weighted by molar-refractivity contribution is -0.274. The summed E-state index contributed by atoms with van der Waals surface area (Å²) in [4.78, 5) is 11.5. The molecule has 0 saturated carbocycles. The van der Waals surface area contributed by atoms with Crippen LogP contribution >= 0.6 is 0 Å². The molecule has 0 N–H and O–H groups in total. The fraction of sp³-hybridized carbons (Fsp3) is 0.250. The third-order valence-corrected chi connectivity index (χ3v) is 2.52. The fourth-order valence-electron chi connectivity index (χ4n) is 1.64. The van der Waals surface area contributed by atoms with Crippen molar-refractivity contribution in [2.45, 2.75) is 6.36 Å². The van der Waals surface area contributed by atoms with Crippen LogP contribution in [0.2, 0.25) is 0 Å². The first-order valence-corrected chi connectivity index (χ1v) is 5.54. The lowest BCUT2D eigenvalue weighted by Crippen LogP contribution is -2.20. The Bertz CT molecular complexity index is 688. The molecule has 0 aliphatic rings. The summed E-state index contributed by atoms with van der Waals surface area (Å²) >= 11 is 0. The second kappa shape index (κ2) is 5.43. The molecule has 0 amide bonds. The smallest absolute Gasteiger partial charge is 0.497 e. The maximum Gasteiger partial charge on any atom is 0.573 e. The minimum absolute atomic E-state index is 0.0384. The molecule has 112 valence electrons. The van der Waals surface area contributed by atoms with Crippen LogP contribution in [0.4, 0.5) is 13.2 Å². The van der Waals surface area contributed by atoms with Crippen LogP contribution < -0.4 is 9.47 Å². The van der Waals surface area contributed by atoms with Crippen molar-refractivity contribution in [3.8, 4) is 11.5 Å². The molecule has 0 atom stereocenters. The van der Waals surface area contributed by atoms with Crippen molar-refractivity contribution in [3.05, 3.63) is 23.9 Å². The summed E-state index contributed by atoms with van der Waals surface area (Å²) < 4.78 is 50.8. The van der Waals surface area contributed by atoms with Crippen molar-refractivity contribution in [1.82, 2.24) is 10.2 Å². The number of hydrogen-bond donors (Lipinski definition) is 0.